The average Bonchev–Trinajstić information content (AvgIpc) is 3.01. The molecule has 1 fully saturated rings. The molecule has 1 unspecified atom stereocenters. The summed E-state index contributed by atoms with van der Waals surface area (Å²) in [4.78, 5) is 26.0. The molecule has 5 nitrogen and oxygen atoms in total. The number of benzene rings is 1. The first kappa shape index (κ1) is 18.5. The van der Waals surface area contributed by atoms with Crippen LogP contribution >= 0.6 is 12.4 Å². The van der Waals surface area contributed by atoms with E-state index < -0.39 is 0 Å². The van der Waals surface area contributed by atoms with E-state index in [2.05, 4.69) is 10.6 Å². The van der Waals surface area contributed by atoms with E-state index in [1.807, 2.05) is 13.8 Å². The molecule has 0 saturated carbocycles. The molecule has 0 bridgehead atoms. The van der Waals surface area contributed by atoms with Crippen molar-refractivity contribution in [1.29, 1.82) is 0 Å². The second kappa shape index (κ2) is 8.76. The summed E-state index contributed by atoms with van der Waals surface area (Å²) in [6.45, 7) is 7.06. The molecule has 0 radical (unpaired) electrons. The van der Waals surface area contributed by atoms with Crippen molar-refractivity contribution in [3.05, 3.63) is 35.4 Å². The maximum Gasteiger partial charge on any atom is 0.253 e. The number of nitrogens with zero attached hydrogens (tertiary/aromatic N) is 1. The molecule has 22 heavy (non-hydrogen) atoms. The lowest BCUT2D eigenvalue weighted by Gasteiger charge is -2.18. The predicted molar refractivity (Wildman–Crippen MR) is 89.7 cm³/mol. The molecular formula is C16H24ClN3O2. The molecule has 0 aromatic heterocycles. The van der Waals surface area contributed by atoms with Crippen LogP contribution in [0.15, 0.2) is 24.3 Å². The van der Waals surface area contributed by atoms with Gasteiger partial charge in [0.25, 0.3) is 11.8 Å². The molecule has 1 aromatic rings. The maximum atomic E-state index is 12.2. The van der Waals surface area contributed by atoms with Crippen LogP contribution in [0, 0.1) is 0 Å². The van der Waals surface area contributed by atoms with E-state index >= 15 is 0 Å². The van der Waals surface area contributed by atoms with Gasteiger partial charge in [-0.2, -0.15) is 0 Å². The lowest BCUT2D eigenvalue weighted by Crippen LogP contribution is -2.36. The Kier molecular flexibility index (Phi) is 7.35. The van der Waals surface area contributed by atoms with Gasteiger partial charge in [0.05, 0.1) is 0 Å². The van der Waals surface area contributed by atoms with Crippen molar-refractivity contribution in [3.8, 4) is 0 Å². The average molecular weight is 326 g/mol. The first-order chi connectivity index (χ1) is 10.2. The van der Waals surface area contributed by atoms with Gasteiger partial charge in [0.15, 0.2) is 0 Å². The summed E-state index contributed by atoms with van der Waals surface area (Å²) in [7, 11) is 0. The lowest BCUT2D eigenvalue weighted by molar-refractivity contribution is 0.0772. The van der Waals surface area contributed by atoms with Gasteiger partial charge >= 0.3 is 0 Å². The Morgan fingerprint density at radius 2 is 1.77 bits per heavy atom. The second-order valence-corrected chi connectivity index (χ2v) is 5.22. The van der Waals surface area contributed by atoms with Crippen LogP contribution in [-0.2, 0) is 0 Å². The van der Waals surface area contributed by atoms with E-state index in [4.69, 9.17) is 0 Å². The first-order valence-corrected chi connectivity index (χ1v) is 7.56. The summed E-state index contributed by atoms with van der Waals surface area (Å²) in [5.41, 5.74) is 1.22. The third-order valence-corrected chi connectivity index (χ3v) is 3.84. The minimum Gasteiger partial charge on any atom is -0.348 e. The molecule has 6 heteroatoms. The maximum absolute atomic E-state index is 12.2. The van der Waals surface area contributed by atoms with Crippen LogP contribution < -0.4 is 10.6 Å². The van der Waals surface area contributed by atoms with Crippen LogP contribution in [0.25, 0.3) is 0 Å². The fourth-order valence-corrected chi connectivity index (χ4v) is 2.50. The third-order valence-electron chi connectivity index (χ3n) is 3.84. The van der Waals surface area contributed by atoms with Crippen LogP contribution in [-0.4, -0.2) is 48.9 Å². The summed E-state index contributed by atoms with van der Waals surface area (Å²) in [5, 5.41) is 6.21. The highest BCUT2D eigenvalue weighted by molar-refractivity contribution is 5.97. The number of halogens is 1. The van der Waals surface area contributed by atoms with Gasteiger partial charge < -0.3 is 15.5 Å². The molecule has 122 valence electrons. The molecule has 2 amide bonds. The number of nitrogens with one attached hydrogen (secondary N) is 2. The SMILES string of the molecule is CCN(CC)C(=O)c1ccc(C(=O)NC2CCNC2)cc1.Cl. The van der Waals surface area contributed by atoms with Crippen LogP contribution in [0.4, 0.5) is 0 Å². The predicted octanol–water partition coefficient (Wildman–Crippen LogP) is 1.68. The molecule has 1 aliphatic rings. The van der Waals surface area contributed by atoms with Crippen molar-refractivity contribution in [1.82, 2.24) is 15.5 Å². The Morgan fingerprint density at radius 1 is 1.18 bits per heavy atom. The van der Waals surface area contributed by atoms with Crippen molar-refractivity contribution in [2.45, 2.75) is 26.3 Å². The zero-order valence-corrected chi connectivity index (χ0v) is 13.9. The van der Waals surface area contributed by atoms with Gasteiger partial charge in [-0.3, -0.25) is 9.59 Å². The van der Waals surface area contributed by atoms with Gasteiger partial charge in [0.2, 0.25) is 0 Å². The van der Waals surface area contributed by atoms with Crippen LogP contribution in [0.2, 0.25) is 0 Å². The molecule has 1 heterocycles. The quantitative estimate of drug-likeness (QED) is 0.866. The number of carbonyl (C=O) groups excluding carboxylic acids is 2. The summed E-state index contributed by atoms with van der Waals surface area (Å²) in [5.74, 6) is -0.0718. The number of carbonyl (C=O) groups is 2. The Morgan fingerprint density at radius 3 is 2.27 bits per heavy atom. The molecular weight excluding hydrogens is 302 g/mol. The van der Waals surface area contributed by atoms with E-state index in [1.54, 1.807) is 29.2 Å². The van der Waals surface area contributed by atoms with E-state index in [9.17, 15) is 9.59 Å². The molecule has 1 aromatic carbocycles. The van der Waals surface area contributed by atoms with Gasteiger partial charge in [-0.25, -0.2) is 0 Å². The van der Waals surface area contributed by atoms with Crippen molar-refractivity contribution in [2.24, 2.45) is 0 Å². The van der Waals surface area contributed by atoms with Crippen molar-refractivity contribution < 1.29 is 9.59 Å². The third kappa shape index (κ3) is 4.45. The van der Waals surface area contributed by atoms with Crippen molar-refractivity contribution in [3.63, 3.8) is 0 Å². The summed E-state index contributed by atoms with van der Waals surface area (Å²) in [6.07, 6.45) is 0.963. The van der Waals surface area contributed by atoms with E-state index in [0.29, 0.717) is 24.2 Å². The molecule has 2 rings (SSSR count). The van der Waals surface area contributed by atoms with E-state index in [0.717, 1.165) is 19.5 Å². The van der Waals surface area contributed by atoms with Crippen LogP contribution in [0.3, 0.4) is 0 Å². The number of amides is 2. The second-order valence-electron chi connectivity index (χ2n) is 5.22. The van der Waals surface area contributed by atoms with Gasteiger partial charge in [0, 0.05) is 36.8 Å². The lowest BCUT2D eigenvalue weighted by atomic mass is 10.1. The number of hydrogen-bond donors (Lipinski definition) is 2. The Bertz CT molecular complexity index is 495. The summed E-state index contributed by atoms with van der Waals surface area (Å²) >= 11 is 0. The van der Waals surface area contributed by atoms with Gasteiger partial charge in [-0.1, -0.05) is 0 Å². The minimum atomic E-state index is -0.0782. The molecule has 1 atom stereocenters. The Balaban J connectivity index is 0.00000242. The molecule has 0 spiro atoms. The van der Waals surface area contributed by atoms with Crippen LogP contribution in [0.5, 0.6) is 0 Å². The highest BCUT2D eigenvalue weighted by atomic mass is 35.5. The van der Waals surface area contributed by atoms with Crippen LogP contribution in [0.1, 0.15) is 41.0 Å². The number of rotatable bonds is 5. The number of hydrogen-bond acceptors (Lipinski definition) is 3. The first-order valence-electron chi connectivity index (χ1n) is 7.56. The van der Waals surface area contributed by atoms with Crippen molar-refractivity contribution >= 4 is 24.2 Å². The monoisotopic (exact) mass is 325 g/mol. The van der Waals surface area contributed by atoms with E-state index in [1.165, 1.54) is 0 Å². The zero-order chi connectivity index (χ0) is 15.2. The highest BCUT2D eigenvalue weighted by Crippen LogP contribution is 2.09. The smallest absolute Gasteiger partial charge is 0.253 e. The van der Waals surface area contributed by atoms with Gasteiger partial charge in [-0.05, 0) is 51.1 Å². The summed E-state index contributed by atoms with van der Waals surface area (Å²) < 4.78 is 0. The molecule has 0 aliphatic carbocycles. The minimum absolute atomic E-state index is 0. The Hall–Kier alpha value is -1.59. The normalized spacial score (nSPS) is 16.7. The van der Waals surface area contributed by atoms with E-state index in [-0.39, 0.29) is 30.3 Å². The Labute approximate surface area is 137 Å². The standard InChI is InChI=1S/C16H23N3O2.ClH/c1-3-19(4-2)16(21)13-7-5-12(6-8-13)15(20)18-14-9-10-17-11-14;/h5-8,14,17H,3-4,9-11H2,1-2H3,(H,18,20);1H. The fourth-order valence-electron chi connectivity index (χ4n) is 2.50. The van der Waals surface area contributed by atoms with Gasteiger partial charge in [-0.15, -0.1) is 12.4 Å². The molecule has 1 saturated heterocycles. The van der Waals surface area contributed by atoms with Crippen molar-refractivity contribution in [2.75, 3.05) is 26.2 Å². The molecule has 1 aliphatic heterocycles. The topological polar surface area (TPSA) is 61.4 Å². The fraction of sp³-hybridized carbons (Fsp3) is 0.500. The van der Waals surface area contributed by atoms with Gasteiger partial charge in [0.1, 0.15) is 0 Å². The zero-order valence-electron chi connectivity index (χ0n) is 13.1. The molecule has 2 N–H and O–H groups in total. The largest absolute Gasteiger partial charge is 0.348 e. The highest BCUT2D eigenvalue weighted by Gasteiger charge is 2.18. The summed E-state index contributed by atoms with van der Waals surface area (Å²) in [6, 6.07) is 7.09.